The monoisotopic (exact) mass is 638 g/mol. The minimum absolute atomic E-state index is 0.0632. The maximum atomic E-state index is 13.3. The van der Waals surface area contributed by atoms with Crippen molar-refractivity contribution in [3.63, 3.8) is 0 Å². The Hall–Kier alpha value is -4.21. The highest BCUT2D eigenvalue weighted by molar-refractivity contribution is 7.84. The molecule has 2 aromatic heterocycles. The van der Waals surface area contributed by atoms with Gasteiger partial charge < -0.3 is 32.5 Å². The number of amides is 2. The van der Waals surface area contributed by atoms with Crippen LogP contribution in [-0.2, 0) is 37.8 Å². The molecule has 0 radical (unpaired) electrons. The second kappa shape index (κ2) is 11.8. The number of aromatic nitrogens is 4. The summed E-state index contributed by atoms with van der Waals surface area (Å²) in [7, 11) is -4.99. The number of aliphatic imine (C=N–C) groups is 2. The number of guanidine groups is 1. The SMILES string of the molecule is NC(=NCc1cnn(C[C@@H]2[C@H](NC(=O)C(=NCC3(C(=O)O)CC3)c3csc(N)n3)C(=O)N2S(=O)(=O)O)n1)NCC1CNC1. The largest absolute Gasteiger partial charge is 0.481 e. The van der Waals surface area contributed by atoms with Gasteiger partial charge in [-0.05, 0) is 12.8 Å². The van der Waals surface area contributed by atoms with Crippen LogP contribution in [-0.4, -0.2) is 110 Å². The fraction of sp³-hybridized carbons (Fsp3) is 0.545. The molecule has 2 amide bonds. The van der Waals surface area contributed by atoms with Gasteiger partial charge >= 0.3 is 16.3 Å². The summed E-state index contributed by atoms with van der Waals surface area (Å²) in [4.78, 5) is 51.2. The maximum Gasteiger partial charge on any atom is 0.362 e. The van der Waals surface area contributed by atoms with Gasteiger partial charge in [0.1, 0.15) is 29.2 Å². The lowest BCUT2D eigenvalue weighted by Crippen LogP contribution is -2.73. The van der Waals surface area contributed by atoms with Crippen molar-refractivity contribution in [2.75, 3.05) is 31.9 Å². The van der Waals surface area contributed by atoms with E-state index in [-0.39, 0.29) is 46.4 Å². The van der Waals surface area contributed by atoms with E-state index in [1.807, 2.05) is 0 Å². The van der Waals surface area contributed by atoms with Crippen molar-refractivity contribution < 1.29 is 32.5 Å². The quantitative estimate of drug-likeness (QED) is 0.0492. The first-order valence-corrected chi connectivity index (χ1v) is 15.4. The Kier molecular flexibility index (Phi) is 8.31. The van der Waals surface area contributed by atoms with E-state index in [2.05, 4.69) is 41.1 Å². The molecular formula is C22H30N12O7S2. The zero-order valence-electron chi connectivity index (χ0n) is 22.6. The van der Waals surface area contributed by atoms with Crippen molar-refractivity contribution in [1.29, 1.82) is 0 Å². The van der Waals surface area contributed by atoms with Gasteiger partial charge in [0, 0.05) is 30.9 Å². The molecular weight excluding hydrogens is 608 g/mol. The zero-order chi connectivity index (χ0) is 30.9. The van der Waals surface area contributed by atoms with Crippen LogP contribution in [0.1, 0.15) is 24.2 Å². The standard InChI is InChI=1S/C22H30N12O7S2/c23-20(26-5-11-3-25-4-11)27-6-12-7-29-33(32-12)8-14-16(18(36)34(14)43(39,40)41)31-17(35)15(13-9-42-21(24)30-13)28-10-22(1-2-22)19(37)38/h7,9,11,14,16,25H,1-6,8,10H2,(H2,24,30)(H,31,35)(H,37,38)(H3,23,26,27)(H,39,40,41)/t14-,16+/m1/s1. The number of β-lactam (4-membered cyclic amide) rings is 1. The van der Waals surface area contributed by atoms with Crippen molar-refractivity contribution >= 4 is 56.2 Å². The van der Waals surface area contributed by atoms with E-state index in [0.717, 1.165) is 29.2 Å². The van der Waals surface area contributed by atoms with E-state index in [0.29, 0.717) is 31.0 Å². The number of carboxylic acids is 1. The third kappa shape index (κ3) is 6.73. The Morgan fingerprint density at radius 1 is 1.28 bits per heavy atom. The number of nitrogens with two attached hydrogens (primary N) is 2. The fourth-order valence-electron chi connectivity index (χ4n) is 4.46. The smallest absolute Gasteiger partial charge is 0.362 e. The van der Waals surface area contributed by atoms with Crippen LogP contribution in [0.3, 0.4) is 0 Å². The molecule has 2 aliphatic heterocycles. The third-order valence-corrected chi connectivity index (χ3v) is 8.94. The lowest BCUT2D eigenvalue weighted by molar-refractivity contribution is -0.145. The van der Waals surface area contributed by atoms with Gasteiger partial charge in [-0.2, -0.15) is 23.4 Å². The summed E-state index contributed by atoms with van der Waals surface area (Å²) in [5, 5.41) is 28.0. The van der Waals surface area contributed by atoms with E-state index < -0.39 is 45.6 Å². The van der Waals surface area contributed by atoms with E-state index >= 15 is 0 Å². The highest BCUT2D eigenvalue weighted by Crippen LogP contribution is 2.46. The van der Waals surface area contributed by atoms with Crippen LogP contribution >= 0.6 is 11.3 Å². The number of nitrogen functional groups attached to an aromatic ring is 1. The Morgan fingerprint density at radius 3 is 2.60 bits per heavy atom. The van der Waals surface area contributed by atoms with Crippen molar-refractivity contribution in [2.45, 2.75) is 38.0 Å². The molecule has 9 N–H and O–H groups in total. The summed E-state index contributed by atoms with van der Waals surface area (Å²) in [5.41, 5.74) is 10.7. The van der Waals surface area contributed by atoms with Crippen LogP contribution in [0, 0.1) is 11.3 Å². The summed E-state index contributed by atoms with van der Waals surface area (Å²) in [6.07, 6.45) is 2.15. The number of aliphatic carboxylic acids is 1. The first-order valence-electron chi connectivity index (χ1n) is 13.1. The van der Waals surface area contributed by atoms with Crippen LogP contribution in [0.2, 0.25) is 0 Å². The van der Waals surface area contributed by atoms with Gasteiger partial charge in [0.25, 0.3) is 11.8 Å². The molecule has 2 aromatic rings. The Bertz CT molecular complexity index is 1580. The van der Waals surface area contributed by atoms with Crippen molar-refractivity contribution in [1.82, 2.24) is 40.2 Å². The summed E-state index contributed by atoms with van der Waals surface area (Å²) >= 11 is 1.02. The topological polar surface area (TPSA) is 285 Å². The molecule has 4 heterocycles. The van der Waals surface area contributed by atoms with Crippen molar-refractivity contribution in [2.24, 2.45) is 27.1 Å². The van der Waals surface area contributed by atoms with Crippen molar-refractivity contribution in [3.8, 4) is 0 Å². The van der Waals surface area contributed by atoms with Gasteiger partial charge in [-0.3, -0.25) is 23.9 Å². The summed E-state index contributed by atoms with van der Waals surface area (Å²) in [5.74, 6) is -2.36. The highest BCUT2D eigenvalue weighted by atomic mass is 32.2. The Balaban J connectivity index is 1.28. The molecule has 43 heavy (non-hydrogen) atoms. The second-order valence-electron chi connectivity index (χ2n) is 10.4. The van der Waals surface area contributed by atoms with Crippen LogP contribution in [0.25, 0.3) is 0 Å². The Labute approximate surface area is 248 Å². The molecule has 2 saturated heterocycles. The average Bonchev–Trinajstić information content (AvgIpc) is 3.37. The van der Waals surface area contributed by atoms with Gasteiger partial charge in [0.2, 0.25) is 0 Å². The number of carbonyl (C=O) groups is 3. The number of anilines is 1. The minimum atomic E-state index is -4.99. The minimum Gasteiger partial charge on any atom is -0.481 e. The number of carbonyl (C=O) groups excluding carboxylic acids is 2. The maximum absolute atomic E-state index is 13.3. The van der Waals surface area contributed by atoms with E-state index in [1.165, 1.54) is 11.6 Å². The lowest BCUT2D eigenvalue weighted by Gasteiger charge is -2.43. The molecule has 19 nitrogen and oxygen atoms in total. The molecule has 5 rings (SSSR count). The van der Waals surface area contributed by atoms with Crippen LogP contribution in [0.5, 0.6) is 0 Å². The number of carboxylic acid groups (broad SMARTS) is 1. The van der Waals surface area contributed by atoms with E-state index in [1.54, 1.807) is 0 Å². The van der Waals surface area contributed by atoms with Gasteiger partial charge in [-0.25, -0.2) is 14.3 Å². The molecule has 1 saturated carbocycles. The second-order valence-corrected chi connectivity index (χ2v) is 12.6. The predicted molar refractivity (Wildman–Crippen MR) is 151 cm³/mol. The first kappa shape index (κ1) is 30.3. The molecule has 2 atom stereocenters. The summed E-state index contributed by atoms with van der Waals surface area (Å²) in [6, 6.07) is -2.72. The van der Waals surface area contributed by atoms with Gasteiger partial charge in [-0.1, -0.05) is 0 Å². The van der Waals surface area contributed by atoms with Gasteiger partial charge in [-0.15, -0.1) is 11.3 Å². The molecule has 3 fully saturated rings. The normalized spacial score (nSPS) is 22.1. The molecule has 3 aliphatic rings. The van der Waals surface area contributed by atoms with Crippen LogP contribution < -0.4 is 27.4 Å². The number of thiazole rings is 1. The highest BCUT2D eigenvalue weighted by Gasteiger charge is 2.55. The van der Waals surface area contributed by atoms with E-state index in [4.69, 9.17) is 11.5 Å². The number of hydrogen-bond acceptors (Lipinski definition) is 13. The van der Waals surface area contributed by atoms with Crippen LogP contribution in [0.15, 0.2) is 21.6 Å². The third-order valence-electron chi connectivity index (χ3n) is 7.31. The van der Waals surface area contributed by atoms with Gasteiger partial charge in [0.05, 0.1) is 31.2 Å². The number of rotatable bonds is 13. The van der Waals surface area contributed by atoms with Crippen LogP contribution in [0.4, 0.5) is 5.13 Å². The van der Waals surface area contributed by atoms with E-state index in [9.17, 15) is 32.5 Å². The predicted octanol–water partition coefficient (Wildman–Crippen LogP) is -3.21. The molecule has 21 heteroatoms. The molecule has 0 unspecified atom stereocenters. The molecule has 1 aliphatic carbocycles. The summed E-state index contributed by atoms with van der Waals surface area (Å²) in [6.45, 7) is 2.02. The fourth-order valence-corrected chi connectivity index (χ4v) is 5.88. The molecule has 0 bridgehead atoms. The lowest BCUT2D eigenvalue weighted by atomic mass is 9.98. The number of nitrogens with one attached hydrogen (secondary N) is 3. The van der Waals surface area contributed by atoms with Crippen molar-refractivity contribution in [3.05, 3.63) is 23.0 Å². The first-order chi connectivity index (χ1) is 20.4. The average molecular weight is 639 g/mol. The molecule has 0 spiro atoms. The Morgan fingerprint density at radius 2 is 2.02 bits per heavy atom. The summed E-state index contributed by atoms with van der Waals surface area (Å²) < 4.78 is 33.8. The van der Waals surface area contributed by atoms with Gasteiger partial charge in [0.15, 0.2) is 11.1 Å². The molecule has 0 aromatic carbocycles. The molecule has 232 valence electrons. The number of hydrogen-bond donors (Lipinski definition) is 7. The zero-order valence-corrected chi connectivity index (χ0v) is 24.2. The number of nitrogens with zero attached hydrogens (tertiary/aromatic N) is 7.